The number of ether oxygens (including phenoxy) is 1. The van der Waals surface area contributed by atoms with E-state index >= 15 is 0 Å². The van der Waals surface area contributed by atoms with Gasteiger partial charge in [-0.15, -0.1) is 0 Å². The second-order valence-electron chi connectivity index (χ2n) is 5.21. The smallest absolute Gasteiger partial charge is 0.333 e. The molecule has 0 aromatic heterocycles. The topological polar surface area (TPSA) is 29.5 Å². The molecule has 0 saturated carbocycles. The van der Waals surface area contributed by atoms with Crippen molar-refractivity contribution in [3.63, 3.8) is 0 Å². The molecule has 0 aliphatic rings. The third-order valence-electron chi connectivity index (χ3n) is 2.78. The highest BCUT2D eigenvalue weighted by atomic mass is 16.5. The first kappa shape index (κ1) is 16.2. The van der Waals surface area contributed by atoms with Gasteiger partial charge in [0.15, 0.2) is 0 Å². The van der Waals surface area contributed by atoms with Crippen molar-refractivity contribution in [2.75, 3.05) is 6.54 Å². The van der Waals surface area contributed by atoms with Gasteiger partial charge in [-0.2, -0.15) is 0 Å². The SMILES string of the molecule is C=C(C)C(=O)OC(C)CCN(C(C)C)C(C)C. The summed E-state index contributed by atoms with van der Waals surface area (Å²) in [6.07, 6.45) is 0.800. The third kappa shape index (κ3) is 6.47. The van der Waals surface area contributed by atoms with E-state index in [4.69, 9.17) is 4.74 Å². The van der Waals surface area contributed by atoms with Crippen LogP contribution in [-0.2, 0) is 9.53 Å². The van der Waals surface area contributed by atoms with Gasteiger partial charge in [0.2, 0.25) is 0 Å². The lowest BCUT2D eigenvalue weighted by molar-refractivity contribution is -0.143. The van der Waals surface area contributed by atoms with Gasteiger partial charge in [0.05, 0.1) is 0 Å². The molecule has 0 rings (SSSR count). The lowest BCUT2D eigenvalue weighted by atomic mass is 10.2. The lowest BCUT2D eigenvalue weighted by Crippen LogP contribution is -2.39. The van der Waals surface area contributed by atoms with Crippen molar-refractivity contribution in [2.45, 2.75) is 66.2 Å². The summed E-state index contributed by atoms with van der Waals surface area (Å²) in [5.74, 6) is -0.293. The van der Waals surface area contributed by atoms with Crippen molar-refractivity contribution in [3.8, 4) is 0 Å². The number of carbonyl (C=O) groups is 1. The van der Waals surface area contributed by atoms with Crippen LogP contribution in [0.3, 0.4) is 0 Å². The van der Waals surface area contributed by atoms with Crippen LogP contribution >= 0.6 is 0 Å². The number of hydrogen-bond acceptors (Lipinski definition) is 3. The Balaban J connectivity index is 4.09. The van der Waals surface area contributed by atoms with E-state index in [1.165, 1.54) is 0 Å². The molecule has 3 heteroatoms. The fourth-order valence-corrected chi connectivity index (χ4v) is 1.79. The van der Waals surface area contributed by atoms with E-state index < -0.39 is 0 Å². The summed E-state index contributed by atoms with van der Waals surface area (Å²) in [5.41, 5.74) is 0.460. The van der Waals surface area contributed by atoms with Crippen molar-refractivity contribution in [3.05, 3.63) is 12.2 Å². The van der Waals surface area contributed by atoms with Gasteiger partial charge < -0.3 is 4.74 Å². The summed E-state index contributed by atoms with van der Waals surface area (Å²) >= 11 is 0. The largest absolute Gasteiger partial charge is 0.459 e. The molecule has 0 radical (unpaired) electrons. The average molecular weight is 241 g/mol. The molecule has 1 atom stereocenters. The van der Waals surface area contributed by atoms with Crippen LogP contribution in [0.15, 0.2) is 12.2 Å². The predicted molar refractivity (Wildman–Crippen MR) is 72.0 cm³/mol. The number of esters is 1. The molecule has 0 aliphatic heterocycles. The molecular formula is C14H27NO2. The van der Waals surface area contributed by atoms with E-state index in [9.17, 15) is 4.79 Å². The molecule has 0 bridgehead atoms. The zero-order chi connectivity index (χ0) is 13.6. The van der Waals surface area contributed by atoms with Crippen molar-refractivity contribution in [1.82, 2.24) is 4.90 Å². The zero-order valence-electron chi connectivity index (χ0n) is 12.1. The number of hydrogen-bond donors (Lipinski definition) is 0. The highest BCUT2D eigenvalue weighted by Gasteiger charge is 2.16. The average Bonchev–Trinajstić information content (AvgIpc) is 2.16. The quantitative estimate of drug-likeness (QED) is 0.507. The maximum Gasteiger partial charge on any atom is 0.333 e. The molecule has 17 heavy (non-hydrogen) atoms. The Bertz CT molecular complexity index is 251. The molecule has 3 nitrogen and oxygen atoms in total. The zero-order valence-corrected chi connectivity index (χ0v) is 12.1. The minimum Gasteiger partial charge on any atom is -0.459 e. The molecule has 0 spiro atoms. The van der Waals surface area contributed by atoms with E-state index in [0.29, 0.717) is 17.7 Å². The second kappa shape index (κ2) is 7.49. The van der Waals surface area contributed by atoms with Crippen LogP contribution in [0.5, 0.6) is 0 Å². The van der Waals surface area contributed by atoms with Crippen LogP contribution in [0.1, 0.15) is 48.0 Å². The first-order chi connectivity index (χ1) is 7.75. The van der Waals surface area contributed by atoms with E-state index in [-0.39, 0.29) is 12.1 Å². The Hall–Kier alpha value is -0.830. The van der Waals surface area contributed by atoms with Gasteiger partial charge in [-0.25, -0.2) is 4.79 Å². The molecule has 0 aromatic rings. The van der Waals surface area contributed by atoms with Crippen LogP contribution in [-0.4, -0.2) is 35.6 Å². The van der Waals surface area contributed by atoms with Gasteiger partial charge in [-0.05, 0) is 48.0 Å². The van der Waals surface area contributed by atoms with Crippen LogP contribution in [0.25, 0.3) is 0 Å². The molecule has 0 amide bonds. The highest BCUT2D eigenvalue weighted by molar-refractivity contribution is 5.87. The van der Waals surface area contributed by atoms with Crippen LogP contribution < -0.4 is 0 Å². The fraction of sp³-hybridized carbons (Fsp3) is 0.786. The molecular weight excluding hydrogens is 214 g/mol. The summed E-state index contributed by atoms with van der Waals surface area (Å²) in [7, 11) is 0. The molecule has 0 N–H and O–H groups in total. The van der Waals surface area contributed by atoms with Crippen LogP contribution in [0.2, 0.25) is 0 Å². The normalized spacial score (nSPS) is 13.2. The first-order valence-corrected chi connectivity index (χ1v) is 6.38. The Kier molecular flexibility index (Phi) is 7.12. The maximum atomic E-state index is 11.3. The van der Waals surface area contributed by atoms with E-state index in [0.717, 1.165) is 13.0 Å². The van der Waals surface area contributed by atoms with Gasteiger partial charge in [-0.3, -0.25) is 4.90 Å². The van der Waals surface area contributed by atoms with Gasteiger partial charge >= 0.3 is 5.97 Å². The first-order valence-electron chi connectivity index (χ1n) is 6.38. The van der Waals surface area contributed by atoms with Gasteiger partial charge in [0.1, 0.15) is 6.10 Å². The van der Waals surface area contributed by atoms with Gasteiger partial charge in [0.25, 0.3) is 0 Å². The number of nitrogens with zero attached hydrogens (tertiary/aromatic N) is 1. The lowest BCUT2D eigenvalue weighted by Gasteiger charge is -2.31. The second-order valence-corrected chi connectivity index (χ2v) is 5.21. The molecule has 100 valence electrons. The summed E-state index contributed by atoms with van der Waals surface area (Å²) in [5, 5.41) is 0. The Morgan fingerprint density at radius 1 is 1.18 bits per heavy atom. The Morgan fingerprint density at radius 2 is 1.65 bits per heavy atom. The molecule has 0 fully saturated rings. The van der Waals surface area contributed by atoms with E-state index in [1.54, 1.807) is 6.92 Å². The van der Waals surface area contributed by atoms with E-state index in [2.05, 4.69) is 39.2 Å². The van der Waals surface area contributed by atoms with Crippen molar-refractivity contribution >= 4 is 5.97 Å². The Labute approximate surface area is 106 Å². The van der Waals surface area contributed by atoms with Crippen molar-refractivity contribution in [1.29, 1.82) is 0 Å². The monoisotopic (exact) mass is 241 g/mol. The van der Waals surface area contributed by atoms with Crippen LogP contribution in [0.4, 0.5) is 0 Å². The van der Waals surface area contributed by atoms with Crippen molar-refractivity contribution < 1.29 is 9.53 Å². The summed E-state index contributed by atoms with van der Waals surface area (Å²) in [6, 6.07) is 1.03. The van der Waals surface area contributed by atoms with Crippen LogP contribution in [0, 0.1) is 0 Å². The Morgan fingerprint density at radius 3 is 2.00 bits per heavy atom. The minimum atomic E-state index is -0.293. The summed E-state index contributed by atoms with van der Waals surface area (Å²) in [6.45, 7) is 16.9. The molecule has 0 saturated heterocycles. The number of carbonyl (C=O) groups excluding carboxylic acids is 1. The molecule has 0 aromatic carbocycles. The molecule has 1 unspecified atom stereocenters. The maximum absolute atomic E-state index is 11.3. The fourth-order valence-electron chi connectivity index (χ4n) is 1.79. The minimum absolute atomic E-state index is 0.0563. The van der Waals surface area contributed by atoms with E-state index in [1.807, 2.05) is 6.92 Å². The summed E-state index contributed by atoms with van der Waals surface area (Å²) in [4.78, 5) is 13.7. The van der Waals surface area contributed by atoms with Crippen molar-refractivity contribution in [2.24, 2.45) is 0 Å². The summed E-state index contributed by atoms with van der Waals surface area (Å²) < 4.78 is 5.26. The standard InChI is InChI=1S/C14H27NO2/c1-10(2)14(16)17-13(7)8-9-15(11(3)4)12(5)6/h11-13H,1,8-9H2,2-7H3. The van der Waals surface area contributed by atoms with Gasteiger partial charge in [-0.1, -0.05) is 6.58 Å². The third-order valence-corrected chi connectivity index (χ3v) is 2.78. The highest BCUT2D eigenvalue weighted by Crippen LogP contribution is 2.09. The molecule has 0 aliphatic carbocycles. The predicted octanol–water partition coefficient (Wildman–Crippen LogP) is 3.00. The van der Waals surface area contributed by atoms with Gasteiger partial charge in [0, 0.05) is 24.2 Å². The molecule has 0 heterocycles. The number of rotatable bonds is 7.